The van der Waals surface area contributed by atoms with Crippen LogP contribution in [0.3, 0.4) is 0 Å². The minimum Gasteiger partial charge on any atom is -0.369 e. The first kappa shape index (κ1) is 15.1. The molecule has 0 saturated carbocycles. The molecule has 2 rings (SSSR count). The highest BCUT2D eigenvalue weighted by molar-refractivity contribution is 7.89. The van der Waals surface area contributed by atoms with Gasteiger partial charge in [0.15, 0.2) is 22.3 Å². The SMILES string of the molecule is Cc1c(F)c(S(N)(=O)=O)c(F)c(F)c1N1CCCCC1. The third-order valence-corrected chi connectivity index (χ3v) is 4.37. The molecule has 0 aromatic heterocycles. The van der Waals surface area contributed by atoms with Gasteiger partial charge in [-0.05, 0) is 26.2 Å². The summed E-state index contributed by atoms with van der Waals surface area (Å²) in [5, 5.41) is 4.74. The number of rotatable bonds is 2. The van der Waals surface area contributed by atoms with E-state index in [1.54, 1.807) is 0 Å². The van der Waals surface area contributed by atoms with Crippen molar-refractivity contribution in [1.29, 1.82) is 0 Å². The Morgan fingerprint density at radius 2 is 1.55 bits per heavy atom. The van der Waals surface area contributed by atoms with Crippen molar-refractivity contribution in [3.05, 3.63) is 23.0 Å². The molecule has 20 heavy (non-hydrogen) atoms. The third-order valence-electron chi connectivity index (χ3n) is 3.44. The van der Waals surface area contributed by atoms with Crippen molar-refractivity contribution in [3.8, 4) is 0 Å². The molecular formula is C12H15F3N2O2S. The number of hydrogen-bond donors (Lipinski definition) is 1. The van der Waals surface area contributed by atoms with Gasteiger partial charge in [-0.25, -0.2) is 26.7 Å². The van der Waals surface area contributed by atoms with E-state index in [-0.39, 0.29) is 11.3 Å². The number of piperidine rings is 1. The fraction of sp³-hybridized carbons (Fsp3) is 0.500. The largest absolute Gasteiger partial charge is 0.369 e. The van der Waals surface area contributed by atoms with E-state index in [0.717, 1.165) is 19.3 Å². The van der Waals surface area contributed by atoms with E-state index in [1.165, 1.54) is 11.8 Å². The Balaban J connectivity index is 2.67. The number of halogens is 3. The number of primary sulfonamides is 1. The van der Waals surface area contributed by atoms with Gasteiger partial charge in [-0.15, -0.1) is 0 Å². The Bertz CT molecular complexity index is 612. The number of benzene rings is 1. The zero-order chi connectivity index (χ0) is 15.1. The van der Waals surface area contributed by atoms with Gasteiger partial charge in [-0.1, -0.05) is 0 Å². The van der Waals surface area contributed by atoms with E-state index in [9.17, 15) is 21.6 Å². The highest BCUT2D eigenvalue weighted by Crippen LogP contribution is 2.34. The summed E-state index contributed by atoms with van der Waals surface area (Å²) in [7, 11) is -4.67. The molecule has 1 heterocycles. The van der Waals surface area contributed by atoms with E-state index in [4.69, 9.17) is 5.14 Å². The topological polar surface area (TPSA) is 63.4 Å². The smallest absolute Gasteiger partial charge is 0.244 e. The van der Waals surface area contributed by atoms with E-state index in [2.05, 4.69) is 0 Å². The van der Waals surface area contributed by atoms with Crippen LogP contribution in [0.4, 0.5) is 18.9 Å². The summed E-state index contributed by atoms with van der Waals surface area (Å²) in [5.74, 6) is -4.45. The Morgan fingerprint density at radius 1 is 1.00 bits per heavy atom. The van der Waals surface area contributed by atoms with Gasteiger partial charge in [-0.3, -0.25) is 0 Å². The van der Waals surface area contributed by atoms with Crippen molar-refractivity contribution < 1.29 is 21.6 Å². The third kappa shape index (κ3) is 2.49. The Hall–Kier alpha value is -1.28. The number of nitrogens with two attached hydrogens (primary N) is 1. The van der Waals surface area contributed by atoms with E-state index in [0.29, 0.717) is 13.1 Å². The van der Waals surface area contributed by atoms with Crippen LogP contribution < -0.4 is 10.0 Å². The van der Waals surface area contributed by atoms with E-state index >= 15 is 0 Å². The molecule has 0 amide bonds. The predicted octanol–water partition coefficient (Wildman–Crippen LogP) is 2.05. The molecular weight excluding hydrogens is 293 g/mol. The van der Waals surface area contributed by atoms with Crippen LogP contribution in [-0.4, -0.2) is 21.5 Å². The molecule has 0 aliphatic carbocycles. The average molecular weight is 308 g/mol. The first-order valence-electron chi connectivity index (χ1n) is 6.20. The van der Waals surface area contributed by atoms with Gasteiger partial charge in [0.05, 0.1) is 5.69 Å². The fourth-order valence-corrected chi connectivity index (χ4v) is 3.22. The molecule has 1 aromatic carbocycles. The fourth-order valence-electron chi connectivity index (χ4n) is 2.48. The molecule has 1 aromatic rings. The zero-order valence-electron chi connectivity index (χ0n) is 10.9. The van der Waals surface area contributed by atoms with Gasteiger partial charge in [0, 0.05) is 18.7 Å². The summed E-state index contributed by atoms with van der Waals surface area (Å²) in [6, 6.07) is 0. The standard InChI is InChI=1S/C12H15F3N2O2S/c1-7-8(13)12(20(16,18)19)10(15)9(14)11(7)17-5-3-2-4-6-17/h2-6H2,1H3,(H2,16,18,19). The Kier molecular flexibility index (Phi) is 3.97. The number of anilines is 1. The molecule has 2 N–H and O–H groups in total. The molecule has 4 nitrogen and oxygen atoms in total. The van der Waals surface area contributed by atoms with Crippen molar-refractivity contribution in [2.75, 3.05) is 18.0 Å². The zero-order valence-corrected chi connectivity index (χ0v) is 11.7. The molecule has 1 aliphatic heterocycles. The van der Waals surface area contributed by atoms with Crippen LogP contribution in [0.2, 0.25) is 0 Å². The molecule has 0 radical (unpaired) electrons. The molecule has 0 bridgehead atoms. The van der Waals surface area contributed by atoms with Crippen LogP contribution in [-0.2, 0) is 10.0 Å². The maximum Gasteiger partial charge on any atom is 0.244 e. The van der Waals surface area contributed by atoms with Crippen LogP contribution in [0, 0.1) is 24.4 Å². The molecule has 8 heteroatoms. The minimum absolute atomic E-state index is 0.216. The van der Waals surface area contributed by atoms with Gasteiger partial charge in [0.25, 0.3) is 0 Å². The van der Waals surface area contributed by atoms with Crippen LogP contribution in [0.5, 0.6) is 0 Å². The lowest BCUT2D eigenvalue weighted by Crippen LogP contribution is -2.32. The van der Waals surface area contributed by atoms with Crippen molar-refractivity contribution in [2.24, 2.45) is 5.14 Å². The normalized spacial score (nSPS) is 16.6. The summed E-state index contributed by atoms with van der Waals surface area (Å²) in [6.07, 6.45) is 2.55. The van der Waals surface area contributed by atoms with Crippen LogP contribution in [0.25, 0.3) is 0 Å². The molecule has 1 aliphatic rings. The lowest BCUT2D eigenvalue weighted by molar-refractivity contribution is 0.450. The van der Waals surface area contributed by atoms with Crippen molar-refractivity contribution in [3.63, 3.8) is 0 Å². The van der Waals surface area contributed by atoms with Gasteiger partial charge in [0.1, 0.15) is 0 Å². The monoisotopic (exact) mass is 308 g/mol. The van der Waals surface area contributed by atoms with Gasteiger partial charge >= 0.3 is 0 Å². The highest BCUT2D eigenvalue weighted by Gasteiger charge is 2.31. The van der Waals surface area contributed by atoms with E-state index < -0.39 is 32.4 Å². The molecule has 1 fully saturated rings. The van der Waals surface area contributed by atoms with Crippen molar-refractivity contribution in [2.45, 2.75) is 31.1 Å². The summed E-state index contributed by atoms with van der Waals surface area (Å²) >= 11 is 0. The highest BCUT2D eigenvalue weighted by atomic mass is 32.2. The second kappa shape index (κ2) is 5.25. The van der Waals surface area contributed by atoms with Gasteiger partial charge < -0.3 is 4.90 Å². The summed E-state index contributed by atoms with van der Waals surface area (Å²) in [5.41, 5.74) is -0.457. The number of sulfonamides is 1. The first-order chi connectivity index (χ1) is 9.25. The maximum atomic E-state index is 14.1. The lowest BCUT2D eigenvalue weighted by Gasteiger charge is -2.31. The van der Waals surface area contributed by atoms with Crippen LogP contribution in [0.15, 0.2) is 4.90 Å². The second-order valence-electron chi connectivity index (χ2n) is 4.84. The molecule has 112 valence electrons. The van der Waals surface area contributed by atoms with Crippen LogP contribution in [0.1, 0.15) is 24.8 Å². The first-order valence-corrected chi connectivity index (χ1v) is 7.74. The summed E-state index contributed by atoms with van der Waals surface area (Å²) in [6.45, 7) is 2.17. The minimum atomic E-state index is -4.67. The summed E-state index contributed by atoms with van der Waals surface area (Å²) < 4.78 is 64.4. The number of hydrogen-bond acceptors (Lipinski definition) is 3. The van der Waals surface area contributed by atoms with Gasteiger partial charge in [0.2, 0.25) is 10.0 Å². The molecule has 0 spiro atoms. The maximum absolute atomic E-state index is 14.1. The quantitative estimate of drug-likeness (QED) is 0.851. The van der Waals surface area contributed by atoms with Crippen molar-refractivity contribution in [1.82, 2.24) is 0 Å². The average Bonchev–Trinajstić information content (AvgIpc) is 2.37. The van der Waals surface area contributed by atoms with E-state index in [1.807, 2.05) is 0 Å². The molecule has 0 unspecified atom stereocenters. The Labute approximate surface area is 115 Å². The summed E-state index contributed by atoms with van der Waals surface area (Å²) in [4.78, 5) is 0.126. The number of nitrogens with zero attached hydrogens (tertiary/aromatic N) is 1. The molecule has 0 atom stereocenters. The second-order valence-corrected chi connectivity index (χ2v) is 6.34. The lowest BCUT2D eigenvalue weighted by atomic mass is 10.1. The van der Waals surface area contributed by atoms with Crippen LogP contribution >= 0.6 is 0 Å². The predicted molar refractivity (Wildman–Crippen MR) is 68.5 cm³/mol. The van der Waals surface area contributed by atoms with Gasteiger partial charge in [-0.2, -0.15) is 0 Å². The molecule has 1 saturated heterocycles. The Morgan fingerprint density at radius 3 is 2.05 bits per heavy atom. The van der Waals surface area contributed by atoms with Crippen molar-refractivity contribution >= 4 is 15.7 Å².